The molecule has 1 rings (SSSR count). The summed E-state index contributed by atoms with van der Waals surface area (Å²) < 4.78 is 43.8. The van der Waals surface area contributed by atoms with E-state index in [0.29, 0.717) is 11.1 Å². The van der Waals surface area contributed by atoms with Crippen LogP contribution in [0.15, 0.2) is 30.3 Å². The van der Waals surface area contributed by atoms with Gasteiger partial charge in [-0.2, -0.15) is 13.2 Å². The Labute approximate surface area is 120 Å². The Morgan fingerprint density at radius 3 is 2.05 bits per heavy atom. The summed E-state index contributed by atoms with van der Waals surface area (Å²) >= 11 is 5.63. The summed E-state index contributed by atoms with van der Waals surface area (Å²) in [5.41, 5.74) is -2.07. The van der Waals surface area contributed by atoms with Crippen molar-refractivity contribution >= 4 is 23.1 Å². The second kappa shape index (κ2) is 5.87. The molecular weight excluding hydrogens is 293 g/mol. The minimum absolute atomic E-state index is 0.146. The molecule has 20 heavy (non-hydrogen) atoms. The monoisotopic (exact) mass is 306 g/mol. The molecule has 0 amide bonds. The first kappa shape index (κ1) is 16.6. The molecule has 1 aromatic rings. The van der Waals surface area contributed by atoms with Crippen molar-refractivity contribution < 1.29 is 22.7 Å². The summed E-state index contributed by atoms with van der Waals surface area (Å²) in [6.45, 7) is 4.73. The molecule has 0 atom stereocenters. The third-order valence-electron chi connectivity index (χ3n) is 2.13. The maximum absolute atomic E-state index is 13.0. The van der Waals surface area contributed by atoms with Crippen LogP contribution in [0.2, 0.25) is 5.02 Å². The van der Waals surface area contributed by atoms with Crippen LogP contribution in [-0.2, 0) is 9.53 Å². The predicted molar refractivity (Wildman–Crippen MR) is 71.3 cm³/mol. The van der Waals surface area contributed by atoms with Gasteiger partial charge in [-0.05, 0) is 38.5 Å². The normalized spacial score (nSPS) is 13.2. The summed E-state index contributed by atoms with van der Waals surface area (Å²) in [5, 5.41) is 0.313. The van der Waals surface area contributed by atoms with Crippen molar-refractivity contribution in [3.63, 3.8) is 0 Å². The summed E-state index contributed by atoms with van der Waals surface area (Å²) in [6.07, 6.45) is -4.21. The zero-order valence-electron chi connectivity index (χ0n) is 11.2. The number of hydrogen-bond acceptors (Lipinski definition) is 2. The van der Waals surface area contributed by atoms with Crippen LogP contribution >= 0.6 is 11.6 Å². The highest BCUT2D eigenvalue weighted by atomic mass is 35.5. The van der Waals surface area contributed by atoms with Crippen LogP contribution in [0.5, 0.6) is 0 Å². The Morgan fingerprint density at radius 2 is 1.65 bits per heavy atom. The summed E-state index contributed by atoms with van der Waals surface area (Å²) in [7, 11) is 0. The van der Waals surface area contributed by atoms with Crippen LogP contribution < -0.4 is 0 Å². The SMILES string of the molecule is CC(C)(C)OC(=O)/C=C(/c1ccc(Cl)cc1)C(F)(F)F. The third kappa shape index (κ3) is 5.25. The van der Waals surface area contributed by atoms with Crippen molar-refractivity contribution in [1.29, 1.82) is 0 Å². The fourth-order valence-corrected chi connectivity index (χ4v) is 1.53. The first-order valence-electron chi connectivity index (χ1n) is 5.77. The van der Waals surface area contributed by atoms with Gasteiger partial charge >= 0.3 is 12.1 Å². The lowest BCUT2D eigenvalue weighted by molar-refractivity contribution is -0.148. The van der Waals surface area contributed by atoms with Gasteiger partial charge in [0.15, 0.2) is 0 Å². The average Bonchev–Trinajstić information content (AvgIpc) is 2.23. The Hall–Kier alpha value is -1.49. The van der Waals surface area contributed by atoms with E-state index in [2.05, 4.69) is 0 Å². The molecule has 0 aromatic heterocycles. The van der Waals surface area contributed by atoms with E-state index in [9.17, 15) is 18.0 Å². The molecule has 0 radical (unpaired) electrons. The van der Waals surface area contributed by atoms with E-state index in [1.165, 1.54) is 24.3 Å². The highest BCUT2D eigenvalue weighted by molar-refractivity contribution is 6.30. The van der Waals surface area contributed by atoms with E-state index >= 15 is 0 Å². The Bertz CT molecular complexity index is 511. The molecule has 0 fully saturated rings. The molecule has 0 bridgehead atoms. The maximum atomic E-state index is 13.0. The van der Waals surface area contributed by atoms with Gasteiger partial charge in [0.2, 0.25) is 0 Å². The molecule has 0 unspecified atom stereocenters. The van der Waals surface area contributed by atoms with Crippen molar-refractivity contribution in [3.8, 4) is 0 Å². The van der Waals surface area contributed by atoms with E-state index < -0.39 is 23.3 Å². The Morgan fingerprint density at radius 1 is 1.15 bits per heavy atom. The molecule has 0 N–H and O–H groups in total. The summed E-state index contributed by atoms with van der Waals surface area (Å²) in [5.74, 6) is -1.04. The Balaban J connectivity index is 3.14. The van der Waals surface area contributed by atoms with Gasteiger partial charge in [-0.25, -0.2) is 4.79 Å². The van der Waals surface area contributed by atoms with Crippen LogP contribution in [0.25, 0.3) is 5.57 Å². The van der Waals surface area contributed by atoms with Crippen LogP contribution in [0.4, 0.5) is 13.2 Å². The highest BCUT2D eigenvalue weighted by Gasteiger charge is 2.35. The van der Waals surface area contributed by atoms with Crippen LogP contribution in [0, 0.1) is 0 Å². The quantitative estimate of drug-likeness (QED) is 0.588. The smallest absolute Gasteiger partial charge is 0.417 e. The third-order valence-corrected chi connectivity index (χ3v) is 2.38. The van der Waals surface area contributed by atoms with Gasteiger partial charge in [-0.3, -0.25) is 0 Å². The summed E-state index contributed by atoms with van der Waals surface area (Å²) in [4.78, 5) is 11.5. The van der Waals surface area contributed by atoms with E-state index in [0.717, 1.165) is 0 Å². The molecule has 110 valence electrons. The minimum Gasteiger partial charge on any atom is -0.457 e. The number of benzene rings is 1. The van der Waals surface area contributed by atoms with Crippen molar-refractivity contribution in [1.82, 2.24) is 0 Å². The molecule has 2 nitrogen and oxygen atoms in total. The second-order valence-electron chi connectivity index (χ2n) is 5.10. The van der Waals surface area contributed by atoms with Crippen LogP contribution in [0.1, 0.15) is 26.3 Å². The van der Waals surface area contributed by atoms with Gasteiger partial charge in [0.25, 0.3) is 0 Å². The first-order chi connectivity index (χ1) is 8.99. The van der Waals surface area contributed by atoms with Crippen molar-refractivity contribution in [3.05, 3.63) is 40.9 Å². The van der Waals surface area contributed by atoms with E-state index in [1.807, 2.05) is 0 Å². The number of hydrogen-bond donors (Lipinski definition) is 0. The highest BCUT2D eigenvalue weighted by Crippen LogP contribution is 2.34. The molecule has 6 heteroatoms. The van der Waals surface area contributed by atoms with Crippen molar-refractivity contribution in [2.75, 3.05) is 0 Å². The van der Waals surface area contributed by atoms with E-state index in [1.54, 1.807) is 20.8 Å². The second-order valence-corrected chi connectivity index (χ2v) is 5.53. The fourth-order valence-electron chi connectivity index (χ4n) is 1.41. The number of halogens is 4. The predicted octanol–water partition coefficient (Wildman–Crippen LogP) is 4.63. The van der Waals surface area contributed by atoms with Crippen molar-refractivity contribution in [2.24, 2.45) is 0 Å². The average molecular weight is 307 g/mol. The molecular formula is C14H14ClF3O2. The van der Waals surface area contributed by atoms with Gasteiger partial charge in [0.1, 0.15) is 5.60 Å². The number of carbonyl (C=O) groups excluding carboxylic acids is 1. The molecule has 0 aliphatic rings. The number of alkyl halides is 3. The van der Waals surface area contributed by atoms with Gasteiger partial charge in [0.05, 0.1) is 5.57 Å². The molecule has 0 saturated carbocycles. The van der Waals surface area contributed by atoms with Gasteiger partial charge in [-0.1, -0.05) is 23.7 Å². The number of carbonyl (C=O) groups is 1. The first-order valence-corrected chi connectivity index (χ1v) is 6.14. The topological polar surface area (TPSA) is 26.3 Å². The summed E-state index contributed by atoms with van der Waals surface area (Å²) in [6, 6.07) is 5.05. The molecule has 1 aromatic carbocycles. The number of esters is 1. The number of ether oxygens (including phenoxy) is 1. The van der Waals surface area contributed by atoms with Gasteiger partial charge in [-0.15, -0.1) is 0 Å². The molecule has 0 aliphatic heterocycles. The lowest BCUT2D eigenvalue weighted by Crippen LogP contribution is -2.23. The molecule has 0 saturated heterocycles. The standard InChI is InChI=1S/C14H14ClF3O2/c1-13(2,3)20-12(19)8-11(14(16,17)18)9-4-6-10(15)7-5-9/h4-8H,1-3H3/b11-8-. The van der Waals surface area contributed by atoms with E-state index in [-0.39, 0.29) is 5.56 Å². The lowest BCUT2D eigenvalue weighted by atomic mass is 10.1. The van der Waals surface area contributed by atoms with Crippen LogP contribution in [-0.4, -0.2) is 17.7 Å². The van der Waals surface area contributed by atoms with Gasteiger partial charge < -0.3 is 4.74 Å². The molecule has 0 aliphatic carbocycles. The van der Waals surface area contributed by atoms with Gasteiger partial charge in [0, 0.05) is 11.1 Å². The van der Waals surface area contributed by atoms with Crippen molar-refractivity contribution in [2.45, 2.75) is 32.5 Å². The number of allylic oxidation sites excluding steroid dienone is 1. The molecule has 0 heterocycles. The Kier molecular flexibility index (Phi) is 4.86. The lowest BCUT2D eigenvalue weighted by Gasteiger charge is -2.19. The zero-order chi connectivity index (χ0) is 15.6. The van der Waals surface area contributed by atoms with Crippen LogP contribution in [0.3, 0.4) is 0 Å². The maximum Gasteiger partial charge on any atom is 0.417 e. The molecule has 0 spiro atoms. The minimum atomic E-state index is -4.66. The van der Waals surface area contributed by atoms with E-state index in [4.69, 9.17) is 16.3 Å². The fraction of sp³-hybridized carbons (Fsp3) is 0.357. The number of rotatable bonds is 2. The zero-order valence-corrected chi connectivity index (χ0v) is 12.0. The largest absolute Gasteiger partial charge is 0.457 e.